The topological polar surface area (TPSA) is 78.9 Å². The quantitative estimate of drug-likeness (QED) is 0.0261. The van der Waals surface area contributed by atoms with Crippen molar-refractivity contribution < 1.29 is 28.6 Å². The highest BCUT2D eigenvalue weighted by Crippen LogP contribution is 2.16. The first kappa shape index (κ1) is 70.3. The second kappa shape index (κ2) is 61.9. The van der Waals surface area contributed by atoms with E-state index < -0.39 is 6.10 Å². The molecule has 0 aliphatic carbocycles. The predicted molar refractivity (Wildman–Crippen MR) is 320 cm³/mol. The van der Waals surface area contributed by atoms with E-state index in [0.717, 1.165) is 116 Å². The minimum atomic E-state index is -0.791. The molecule has 1 unspecified atom stereocenters. The summed E-state index contributed by atoms with van der Waals surface area (Å²) in [6.07, 6.45) is 82.5. The number of carbonyl (C=O) groups is 3. The lowest BCUT2D eigenvalue weighted by molar-refractivity contribution is -0.167. The van der Waals surface area contributed by atoms with Crippen molar-refractivity contribution in [2.45, 2.75) is 303 Å². The molecule has 74 heavy (non-hydrogen) atoms. The first-order valence-electron chi connectivity index (χ1n) is 31.2. The molecule has 0 fully saturated rings. The monoisotopic (exact) mass is 1030 g/mol. The highest BCUT2D eigenvalue weighted by atomic mass is 16.6. The van der Waals surface area contributed by atoms with Crippen molar-refractivity contribution in [2.24, 2.45) is 0 Å². The normalized spacial score (nSPS) is 12.7. The Morgan fingerprint density at radius 2 is 0.527 bits per heavy atom. The van der Waals surface area contributed by atoms with Crippen molar-refractivity contribution in [1.29, 1.82) is 0 Å². The van der Waals surface area contributed by atoms with Crippen LogP contribution in [-0.4, -0.2) is 37.2 Å². The van der Waals surface area contributed by atoms with Gasteiger partial charge in [-0.3, -0.25) is 14.4 Å². The highest BCUT2D eigenvalue weighted by Gasteiger charge is 2.19. The molecule has 0 aromatic carbocycles. The summed E-state index contributed by atoms with van der Waals surface area (Å²) < 4.78 is 16.9. The van der Waals surface area contributed by atoms with Gasteiger partial charge in [-0.05, 0) is 103 Å². The molecule has 424 valence electrons. The van der Waals surface area contributed by atoms with Crippen molar-refractivity contribution in [3.63, 3.8) is 0 Å². The fourth-order valence-corrected chi connectivity index (χ4v) is 8.65. The van der Waals surface area contributed by atoms with Crippen molar-refractivity contribution >= 4 is 17.9 Å². The summed E-state index contributed by atoms with van der Waals surface area (Å²) in [6.45, 7) is 6.50. The van der Waals surface area contributed by atoms with Crippen LogP contribution in [0.1, 0.15) is 297 Å². The third kappa shape index (κ3) is 59.2. The Kier molecular flexibility index (Phi) is 58.8. The van der Waals surface area contributed by atoms with Crippen molar-refractivity contribution in [2.75, 3.05) is 13.2 Å². The fourth-order valence-electron chi connectivity index (χ4n) is 8.65. The molecule has 0 amide bonds. The molecule has 0 aliphatic rings. The van der Waals surface area contributed by atoms with E-state index in [0.29, 0.717) is 19.3 Å². The van der Waals surface area contributed by atoms with Crippen LogP contribution in [0, 0.1) is 0 Å². The van der Waals surface area contributed by atoms with Gasteiger partial charge in [-0.2, -0.15) is 0 Å². The largest absolute Gasteiger partial charge is 0.462 e. The van der Waals surface area contributed by atoms with Gasteiger partial charge >= 0.3 is 17.9 Å². The molecule has 0 radical (unpaired) electrons. The molecule has 0 heterocycles. The lowest BCUT2D eigenvalue weighted by Crippen LogP contribution is -2.30. The number of rotatable bonds is 56. The Morgan fingerprint density at radius 3 is 0.851 bits per heavy atom. The second-order valence-corrected chi connectivity index (χ2v) is 20.6. The minimum Gasteiger partial charge on any atom is -0.462 e. The molecule has 0 aromatic heterocycles. The van der Waals surface area contributed by atoms with Gasteiger partial charge in [0, 0.05) is 19.3 Å². The van der Waals surface area contributed by atoms with Crippen LogP contribution < -0.4 is 0 Å². The van der Waals surface area contributed by atoms with Crippen LogP contribution in [0.2, 0.25) is 0 Å². The molecular weight excluding hydrogens is 913 g/mol. The van der Waals surface area contributed by atoms with Gasteiger partial charge in [0.2, 0.25) is 0 Å². The van der Waals surface area contributed by atoms with Crippen LogP contribution in [0.25, 0.3) is 0 Å². The summed E-state index contributed by atoms with van der Waals surface area (Å²) in [7, 11) is 0. The maximum absolute atomic E-state index is 12.9. The number of esters is 3. The highest BCUT2D eigenvalue weighted by molar-refractivity contribution is 5.71. The van der Waals surface area contributed by atoms with Crippen LogP contribution in [0.5, 0.6) is 0 Å². The maximum atomic E-state index is 12.9. The molecule has 0 rings (SSSR count). The van der Waals surface area contributed by atoms with E-state index in [9.17, 15) is 14.4 Å². The Balaban J connectivity index is 4.42. The van der Waals surface area contributed by atoms with Crippen molar-refractivity contribution in [3.05, 3.63) is 97.2 Å². The number of unbranched alkanes of at least 4 members (excludes halogenated alkanes) is 29. The van der Waals surface area contributed by atoms with Crippen LogP contribution in [-0.2, 0) is 28.6 Å². The molecule has 0 saturated carbocycles. The van der Waals surface area contributed by atoms with Gasteiger partial charge in [0.05, 0.1) is 0 Å². The van der Waals surface area contributed by atoms with E-state index in [2.05, 4.69) is 118 Å². The summed E-state index contributed by atoms with van der Waals surface area (Å²) in [5, 5.41) is 0. The first-order valence-corrected chi connectivity index (χ1v) is 31.2. The number of ether oxygens (including phenoxy) is 3. The first-order chi connectivity index (χ1) is 36.5. The number of carbonyl (C=O) groups excluding carboxylic acids is 3. The Morgan fingerprint density at radius 1 is 0.284 bits per heavy atom. The smallest absolute Gasteiger partial charge is 0.306 e. The molecule has 0 bridgehead atoms. The summed E-state index contributed by atoms with van der Waals surface area (Å²) >= 11 is 0. The molecular formula is C68H116O6. The third-order valence-electron chi connectivity index (χ3n) is 13.3. The fraction of sp³-hybridized carbons (Fsp3) is 0.721. The predicted octanol–water partition coefficient (Wildman–Crippen LogP) is 21.3. The summed E-state index contributed by atoms with van der Waals surface area (Å²) in [5.74, 6) is -0.906. The Labute approximate surface area is 457 Å². The van der Waals surface area contributed by atoms with Gasteiger partial charge in [-0.15, -0.1) is 0 Å². The van der Waals surface area contributed by atoms with E-state index >= 15 is 0 Å². The minimum absolute atomic E-state index is 0.0854. The number of hydrogen-bond donors (Lipinski definition) is 0. The second-order valence-electron chi connectivity index (χ2n) is 20.6. The van der Waals surface area contributed by atoms with E-state index in [1.54, 1.807) is 0 Å². The Bertz CT molecular complexity index is 1460. The molecule has 0 aliphatic heterocycles. The van der Waals surface area contributed by atoms with Gasteiger partial charge in [-0.25, -0.2) is 0 Å². The van der Waals surface area contributed by atoms with E-state index in [1.807, 2.05) is 0 Å². The zero-order chi connectivity index (χ0) is 53.6. The lowest BCUT2D eigenvalue weighted by Gasteiger charge is -2.18. The molecule has 0 spiro atoms. The van der Waals surface area contributed by atoms with Crippen LogP contribution in [0.4, 0.5) is 0 Å². The molecule has 6 heteroatoms. The zero-order valence-corrected chi connectivity index (χ0v) is 48.6. The van der Waals surface area contributed by atoms with Crippen molar-refractivity contribution in [3.8, 4) is 0 Å². The molecule has 0 aromatic rings. The van der Waals surface area contributed by atoms with Gasteiger partial charge < -0.3 is 14.2 Å². The van der Waals surface area contributed by atoms with Gasteiger partial charge in [-0.1, -0.05) is 272 Å². The standard InChI is InChI=1S/C68H116O6/c1-4-7-10-13-16-19-22-25-28-30-32-33-34-35-37-38-40-43-46-49-52-55-58-61-67(70)73-64-65(63-72-66(69)60-57-54-51-48-45-42-27-24-21-18-15-12-9-6-3)74-68(71)62-59-56-53-50-47-44-41-39-36-31-29-26-23-20-17-14-11-8-5-2/h7,10,16-17,19-20,25-26,28-29,32-33,35,37,40,43,65H,4-6,8-9,11-15,18,21-24,27,30-31,34,36,38-39,41-42,44-64H2,1-3H3/b10-7-,19-16-,20-17-,28-25-,29-26-,33-32-,37-35-,43-40-. The average molecular weight is 1030 g/mol. The molecule has 0 N–H and O–H groups in total. The average Bonchev–Trinajstić information content (AvgIpc) is 3.40. The summed E-state index contributed by atoms with van der Waals surface area (Å²) in [6, 6.07) is 0. The molecule has 0 saturated heterocycles. The summed E-state index contributed by atoms with van der Waals surface area (Å²) in [4.78, 5) is 38.3. The maximum Gasteiger partial charge on any atom is 0.306 e. The van der Waals surface area contributed by atoms with E-state index in [1.165, 1.54) is 141 Å². The van der Waals surface area contributed by atoms with Crippen LogP contribution in [0.15, 0.2) is 97.2 Å². The summed E-state index contributed by atoms with van der Waals surface area (Å²) in [5.41, 5.74) is 0. The van der Waals surface area contributed by atoms with E-state index in [-0.39, 0.29) is 31.1 Å². The van der Waals surface area contributed by atoms with Crippen molar-refractivity contribution in [1.82, 2.24) is 0 Å². The molecule has 1 atom stereocenters. The molecule has 6 nitrogen and oxygen atoms in total. The zero-order valence-electron chi connectivity index (χ0n) is 48.6. The van der Waals surface area contributed by atoms with Crippen LogP contribution >= 0.6 is 0 Å². The SMILES string of the molecule is CC/C=C\C/C=C\C/C=C\C/C=C\C/C=C\C/C=C\CCCCCCC(=O)OCC(COC(=O)CCCCCCCCCCCCCCCC)OC(=O)CCCCCCCCCCC/C=C\C/C=C\CCCCC. The number of hydrogen-bond acceptors (Lipinski definition) is 6. The van der Waals surface area contributed by atoms with Gasteiger partial charge in [0.15, 0.2) is 6.10 Å². The Hall–Kier alpha value is -3.67. The third-order valence-corrected chi connectivity index (χ3v) is 13.3. The lowest BCUT2D eigenvalue weighted by atomic mass is 10.0. The van der Waals surface area contributed by atoms with Gasteiger partial charge in [0.1, 0.15) is 13.2 Å². The number of allylic oxidation sites excluding steroid dienone is 16. The van der Waals surface area contributed by atoms with Crippen LogP contribution in [0.3, 0.4) is 0 Å². The van der Waals surface area contributed by atoms with Gasteiger partial charge in [0.25, 0.3) is 0 Å². The van der Waals surface area contributed by atoms with E-state index in [4.69, 9.17) is 14.2 Å².